The van der Waals surface area contributed by atoms with Crippen LogP contribution >= 0.6 is 0 Å². The van der Waals surface area contributed by atoms with Gasteiger partial charge in [0.15, 0.2) is 11.4 Å². The van der Waals surface area contributed by atoms with E-state index in [9.17, 15) is 0 Å². The predicted octanol–water partition coefficient (Wildman–Crippen LogP) is 4.07. The summed E-state index contributed by atoms with van der Waals surface area (Å²) in [4.78, 5) is 0. The maximum atomic E-state index is 5.30. The van der Waals surface area contributed by atoms with Gasteiger partial charge in [-0.05, 0) is 36.8 Å². The third-order valence-electron chi connectivity index (χ3n) is 3.98. The molecule has 96 valence electrons. The van der Waals surface area contributed by atoms with E-state index in [4.69, 9.17) is 4.52 Å². The van der Waals surface area contributed by atoms with Crippen molar-refractivity contribution in [1.82, 2.24) is 5.16 Å². The van der Waals surface area contributed by atoms with Crippen LogP contribution in [0.4, 0.5) is 5.82 Å². The SMILES string of the molecule is CC1CCCC(CNc2noc3ccccc23)C1. The molecule has 1 aliphatic carbocycles. The molecule has 3 heteroatoms. The molecular formula is C15H20N2O. The number of nitrogens with one attached hydrogen (secondary N) is 1. The average molecular weight is 244 g/mol. The zero-order chi connectivity index (χ0) is 12.4. The van der Waals surface area contributed by atoms with Crippen LogP contribution in [0.5, 0.6) is 0 Å². The van der Waals surface area contributed by atoms with Crippen LogP contribution in [-0.2, 0) is 0 Å². The van der Waals surface area contributed by atoms with Gasteiger partial charge in [0.25, 0.3) is 0 Å². The molecule has 1 fully saturated rings. The van der Waals surface area contributed by atoms with Crippen LogP contribution in [0.25, 0.3) is 11.0 Å². The minimum Gasteiger partial charge on any atom is -0.366 e. The Morgan fingerprint density at radius 3 is 3.11 bits per heavy atom. The van der Waals surface area contributed by atoms with Gasteiger partial charge in [0.05, 0.1) is 5.39 Å². The van der Waals surface area contributed by atoms with Crippen LogP contribution in [-0.4, -0.2) is 11.7 Å². The molecular weight excluding hydrogens is 224 g/mol. The van der Waals surface area contributed by atoms with Gasteiger partial charge in [-0.15, -0.1) is 0 Å². The molecule has 0 spiro atoms. The maximum Gasteiger partial charge on any atom is 0.177 e. The van der Waals surface area contributed by atoms with Crippen molar-refractivity contribution in [2.24, 2.45) is 11.8 Å². The first kappa shape index (κ1) is 11.6. The van der Waals surface area contributed by atoms with Gasteiger partial charge in [0.2, 0.25) is 0 Å². The predicted molar refractivity (Wildman–Crippen MR) is 73.6 cm³/mol. The lowest BCUT2D eigenvalue weighted by Crippen LogP contribution is -2.21. The number of fused-ring (bicyclic) bond motifs is 1. The zero-order valence-electron chi connectivity index (χ0n) is 10.9. The molecule has 0 amide bonds. The van der Waals surface area contributed by atoms with Gasteiger partial charge in [-0.2, -0.15) is 0 Å². The maximum absolute atomic E-state index is 5.30. The first-order valence-electron chi connectivity index (χ1n) is 6.91. The lowest BCUT2D eigenvalue weighted by atomic mass is 9.82. The Morgan fingerprint density at radius 1 is 1.33 bits per heavy atom. The van der Waals surface area contributed by atoms with Crippen molar-refractivity contribution in [3.8, 4) is 0 Å². The third-order valence-corrected chi connectivity index (χ3v) is 3.98. The second kappa shape index (κ2) is 5.01. The minimum absolute atomic E-state index is 0.782. The number of aromatic nitrogens is 1. The average Bonchev–Trinajstić information content (AvgIpc) is 2.80. The third kappa shape index (κ3) is 2.35. The number of rotatable bonds is 3. The van der Waals surface area contributed by atoms with E-state index in [-0.39, 0.29) is 0 Å². The van der Waals surface area contributed by atoms with Crippen molar-refractivity contribution in [2.45, 2.75) is 32.6 Å². The van der Waals surface area contributed by atoms with Crippen molar-refractivity contribution in [2.75, 3.05) is 11.9 Å². The van der Waals surface area contributed by atoms with E-state index >= 15 is 0 Å². The monoisotopic (exact) mass is 244 g/mol. The van der Waals surface area contributed by atoms with Gasteiger partial charge in [-0.1, -0.05) is 37.1 Å². The molecule has 1 N–H and O–H groups in total. The molecule has 2 unspecified atom stereocenters. The van der Waals surface area contributed by atoms with Gasteiger partial charge in [0.1, 0.15) is 0 Å². The smallest absolute Gasteiger partial charge is 0.177 e. The highest BCUT2D eigenvalue weighted by Gasteiger charge is 2.19. The van der Waals surface area contributed by atoms with Crippen molar-refractivity contribution < 1.29 is 4.52 Å². The molecule has 0 saturated heterocycles. The highest BCUT2D eigenvalue weighted by atomic mass is 16.5. The summed E-state index contributed by atoms with van der Waals surface area (Å²) >= 11 is 0. The van der Waals surface area contributed by atoms with Crippen molar-refractivity contribution in [3.63, 3.8) is 0 Å². The van der Waals surface area contributed by atoms with E-state index < -0.39 is 0 Å². The van der Waals surface area contributed by atoms with Crippen LogP contribution < -0.4 is 5.32 Å². The second-order valence-electron chi connectivity index (χ2n) is 5.55. The summed E-state index contributed by atoms with van der Waals surface area (Å²) in [6.07, 6.45) is 5.44. The summed E-state index contributed by atoms with van der Waals surface area (Å²) in [5, 5.41) is 8.65. The molecule has 1 aromatic carbocycles. The molecule has 1 aliphatic rings. The Bertz CT molecular complexity index is 520. The van der Waals surface area contributed by atoms with E-state index in [1.54, 1.807) is 0 Å². The second-order valence-corrected chi connectivity index (χ2v) is 5.55. The lowest BCUT2D eigenvalue weighted by molar-refractivity contribution is 0.293. The molecule has 18 heavy (non-hydrogen) atoms. The number of para-hydroxylation sites is 1. The molecule has 2 atom stereocenters. The lowest BCUT2D eigenvalue weighted by Gasteiger charge is -2.26. The number of benzene rings is 1. The Balaban J connectivity index is 1.66. The van der Waals surface area contributed by atoms with E-state index in [0.29, 0.717) is 0 Å². The van der Waals surface area contributed by atoms with Gasteiger partial charge in [0, 0.05) is 6.54 Å². The van der Waals surface area contributed by atoms with E-state index in [1.165, 1.54) is 25.7 Å². The van der Waals surface area contributed by atoms with Gasteiger partial charge in [-0.25, -0.2) is 0 Å². The van der Waals surface area contributed by atoms with E-state index in [1.807, 2.05) is 18.2 Å². The quantitative estimate of drug-likeness (QED) is 0.884. The highest BCUT2D eigenvalue weighted by Crippen LogP contribution is 2.29. The summed E-state index contributed by atoms with van der Waals surface area (Å²) in [6.45, 7) is 3.37. The molecule has 0 radical (unpaired) electrons. The first-order chi connectivity index (χ1) is 8.83. The van der Waals surface area contributed by atoms with Crippen molar-refractivity contribution in [3.05, 3.63) is 24.3 Å². The van der Waals surface area contributed by atoms with Crippen LogP contribution in [0.3, 0.4) is 0 Å². The number of anilines is 1. The fourth-order valence-corrected chi connectivity index (χ4v) is 3.00. The van der Waals surface area contributed by atoms with Crippen LogP contribution in [0.2, 0.25) is 0 Å². The summed E-state index contributed by atoms with van der Waals surface area (Å²) in [5.74, 6) is 2.55. The molecule has 1 aromatic heterocycles. The molecule has 2 aromatic rings. The van der Waals surface area contributed by atoms with Crippen molar-refractivity contribution >= 4 is 16.8 Å². The Hall–Kier alpha value is -1.51. The molecule has 0 bridgehead atoms. The Kier molecular flexibility index (Phi) is 3.22. The normalized spacial score (nSPS) is 24.3. The van der Waals surface area contributed by atoms with Gasteiger partial charge in [-0.3, -0.25) is 0 Å². The van der Waals surface area contributed by atoms with E-state index in [0.717, 1.165) is 35.2 Å². The van der Waals surface area contributed by atoms with Crippen LogP contribution in [0.15, 0.2) is 28.8 Å². The zero-order valence-corrected chi connectivity index (χ0v) is 10.9. The molecule has 1 heterocycles. The first-order valence-corrected chi connectivity index (χ1v) is 6.91. The van der Waals surface area contributed by atoms with Crippen LogP contribution in [0, 0.1) is 11.8 Å². The highest BCUT2D eigenvalue weighted by molar-refractivity contribution is 5.87. The fraction of sp³-hybridized carbons (Fsp3) is 0.533. The number of nitrogens with zero attached hydrogens (tertiary/aromatic N) is 1. The number of hydrogen-bond acceptors (Lipinski definition) is 3. The topological polar surface area (TPSA) is 38.1 Å². The molecule has 1 saturated carbocycles. The summed E-state index contributed by atoms with van der Waals surface area (Å²) in [6, 6.07) is 8.00. The molecule has 0 aliphatic heterocycles. The Labute approximate surface area is 108 Å². The Morgan fingerprint density at radius 2 is 2.22 bits per heavy atom. The van der Waals surface area contributed by atoms with Crippen molar-refractivity contribution in [1.29, 1.82) is 0 Å². The molecule has 3 rings (SSSR count). The van der Waals surface area contributed by atoms with E-state index in [2.05, 4.69) is 23.5 Å². The number of hydrogen-bond donors (Lipinski definition) is 1. The van der Waals surface area contributed by atoms with Crippen LogP contribution in [0.1, 0.15) is 32.6 Å². The van der Waals surface area contributed by atoms with Gasteiger partial charge >= 0.3 is 0 Å². The summed E-state index contributed by atoms with van der Waals surface area (Å²) in [7, 11) is 0. The summed E-state index contributed by atoms with van der Waals surface area (Å²) in [5.41, 5.74) is 0.858. The fourth-order valence-electron chi connectivity index (χ4n) is 3.00. The molecule has 3 nitrogen and oxygen atoms in total. The largest absolute Gasteiger partial charge is 0.366 e. The minimum atomic E-state index is 0.782. The van der Waals surface area contributed by atoms with Gasteiger partial charge < -0.3 is 9.84 Å². The standard InChI is InChI=1S/C15H20N2O/c1-11-5-4-6-12(9-11)10-16-15-13-7-2-3-8-14(13)18-17-15/h2-3,7-8,11-12H,4-6,9-10H2,1H3,(H,16,17). The summed E-state index contributed by atoms with van der Waals surface area (Å²) < 4.78 is 5.30.